The van der Waals surface area contributed by atoms with Crippen LogP contribution in [-0.2, 0) is 14.8 Å². The number of nitrogens with one attached hydrogen (secondary N) is 2. The molecule has 1 fully saturated rings. The van der Waals surface area contributed by atoms with E-state index < -0.39 is 10.0 Å². The fraction of sp³-hybridized carbons (Fsp3) is 0.350. The van der Waals surface area contributed by atoms with Crippen molar-refractivity contribution >= 4 is 21.6 Å². The summed E-state index contributed by atoms with van der Waals surface area (Å²) in [7, 11) is -2.09. The standard InChI is InChI=1S/C20H24N2O4S/c1-26-14-16-8-6-12-19(16)22-27(24,25)18-11-5-7-15(13-18)20(23)21-17-9-3-2-4-10-17/h2-5,7,9-11,13,16,19,22H,6,8,12,14H2,1H3,(H,21,23). The van der Waals surface area contributed by atoms with Gasteiger partial charge >= 0.3 is 0 Å². The van der Waals surface area contributed by atoms with Crippen LogP contribution in [0.1, 0.15) is 29.6 Å². The summed E-state index contributed by atoms with van der Waals surface area (Å²) in [6.07, 6.45) is 2.71. The van der Waals surface area contributed by atoms with E-state index in [1.165, 1.54) is 12.1 Å². The highest BCUT2D eigenvalue weighted by Crippen LogP contribution is 2.27. The zero-order valence-corrected chi connectivity index (χ0v) is 16.0. The average Bonchev–Trinajstić information content (AvgIpc) is 3.09. The van der Waals surface area contributed by atoms with Gasteiger partial charge in [-0.1, -0.05) is 30.7 Å². The molecule has 1 aliphatic carbocycles. The van der Waals surface area contributed by atoms with Gasteiger partial charge in [0.25, 0.3) is 5.91 Å². The van der Waals surface area contributed by atoms with Crippen LogP contribution >= 0.6 is 0 Å². The molecule has 1 aliphatic rings. The van der Waals surface area contributed by atoms with E-state index in [4.69, 9.17) is 4.74 Å². The highest BCUT2D eigenvalue weighted by atomic mass is 32.2. The van der Waals surface area contributed by atoms with Crippen LogP contribution in [0.25, 0.3) is 0 Å². The molecule has 0 spiro atoms. The third-order valence-electron chi connectivity index (χ3n) is 4.78. The molecule has 1 amide bonds. The molecular weight excluding hydrogens is 364 g/mol. The van der Waals surface area contributed by atoms with Gasteiger partial charge in [0, 0.05) is 24.4 Å². The molecule has 0 saturated heterocycles. The molecule has 3 rings (SSSR count). The first-order valence-electron chi connectivity index (χ1n) is 8.97. The fourth-order valence-corrected chi connectivity index (χ4v) is 4.79. The molecule has 144 valence electrons. The molecule has 0 aliphatic heterocycles. The number of methoxy groups -OCH3 is 1. The van der Waals surface area contributed by atoms with Gasteiger partial charge in [0.15, 0.2) is 0 Å². The Morgan fingerprint density at radius 2 is 1.89 bits per heavy atom. The van der Waals surface area contributed by atoms with E-state index in [0.29, 0.717) is 17.9 Å². The Morgan fingerprint density at radius 3 is 2.63 bits per heavy atom. The maximum absolute atomic E-state index is 12.8. The predicted molar refractivity (Wildman–Crippen MR) is 104 cm³/mol. The molecule has 0 bridgehead atoms. The van der Waals surface area contributed by atoms with Crippen LogP contribution in [0.15, 0.2) is 59.5 Å². The lowest BCUT2D eigenvalue weighted by molar-refractivity contribution is 0.102. The van der Waals surface area contributed by atoms with Crippen LogP contribution in [0, 0.1) is 5.92 Å². The Kier molecular flexibility index (Phi) is 6.26. The van der Waals surface area contributed by atoms with Crippen molar-refractivity contribution in [3.8, 4) is 0 Å². The first kappa shape index (κ1) is 19.5. The van der Waals surface area contributed by atoms with Crippen molar-refractivity contribution < 1.29 is 17.9 Å². The summed E-state index contributed by atoms with van der Waals surface area (Å²) < 4.78 is 33.6. The molecule has 7 heteroatoms. The van der Waals surface area contributed by atoms with Gasteiger partial charge < -0.3 is 10.1 Å². The summed E-state index contributed by atoms with van der Waals surface area (Å²) >= 11 is 0. The van der Waals surface area contributed by atoms with Gasteiger partial charge in [-0.3, -0.25) is 4.79 Å². The summed E-state index contributed by atoms with van der Waals surface area (Å²) in [4.78, 5) is 12.5. The highest BCUT2D eigenvalue weighted by molar-refractivity contribution is 7.89. The number of para-hydroxylation sites is 1. The maximum Gasteiger partial charge on any atom is 0.255 e. The van der Waals surface area contributed by atoms with E-state index >= 15 is 0 Å². The predicted octanol–water partition coefficient (Wildman–Crippen LogP) is 3.03. The summed E-state index contributed by atoms with van der Waals surface area (Å²) in [5.74, 6) is -0.175. The molecule has 1 saturated carbocycles. The smallest absolute Gasteiger partial charge is 0.255 e. The molecule has 2 unspecified atom stereocenters. The second kappa shape index (κ2) is 8.65. The first-order chi connectivity index (χ1) is 13.0. The zero-order chi connectivity index (χ0) is 19.3. The number of sulfonamides is 1. The second-order valence-electron chi connectivity index (χ2n) is 6.72. The molecule has 2 aromatic carbocycles. The van der Waals surface area contributed by atoms with Crippen LogP contribution in [0.5, 0.6) is 0 Å². The van der Waals surface area contributed by atoms with E-state index in [0.717, 1.165) is 19.3 Å². The van der Waals surface area contributed by atoms with Gasteiger partial charge in [-0.25, -0.2) is 13.1 Å². The first-order valence-corrected chi connectivity index (χ1v) is 10.5. The van der Waals surface area contributed by atoms with Crippen molar-refractivity contribution in [2.75, 3.05) is 19.0 Å². The third kappa shape index (κ3) is 4.94. The number of rotatable bonds is 7. The average molecular weight is 388 g/mol. The number of benzene rings is 2. The molecule has 0 heterocycles. The van der Waals surface area contributed by atoms with E-state index in [9.17, 15) is 13.2 Å². The normalized spacial score (nSPS) is 19.7. The van der Waals surface area contributed by atoms with E-state index in [1.807, 2.05) is 18.2 Å². The van der Waals surface area contributed by atoms with Gasteiger partial charge in [-0.15, -0.1) is 0 Å². The maximum atomic E-state index is 12.8. The molecule has 2 N–H and O–H groups in total. The van der Waals surface area contributed by atoms with Gasteiger partial charge in [-0.2, -0.15) is 0 Å². The number of hydrogen-bond acceptors (Lipinski definition) is 4. The number of hydrogen-bond donors (Lipinski definition) is 2. The lowest BCUT2D eigenvalue weighted by Crippen LogP contribution is -2.38. The minimum absolute atomic E-state index is 0.0891. The molecule has 6 nitrogen and oxygen atoms in total. The van der Waals surface area contributed by atoms with Crippen LogP contribution in [0.2, 0.25) is 0 Å². The lowest BCUT2D eigenvalue weighted by Gasteiger charge is -2.20. The topological polar surface area (TPSA) is 84.5 Å². The number of amides is 1. The zero-order valence-electron chi connectivity index (χ0n) is 15.2. The summed E-state index contributed by atoms with van der Waals surface area (Å²) in [5.41, 5.74) is 0.948. The number of carbonyl (C=O) groups excluding carboxylic acids is 1. The number of carbonyl (C=O) groups is 1. The minimum atomic E-state index is -3.71. The van der Waals surface area contributed by atoms with Crippen LogP contribution in [0.3, 0.4) is 0 Å². The van der Waals surface area contributed by atoms with Gasteiger partial charge in [0.05, 0.1) is 11.5 Å². The van der Waals surface area contributed by atoms with Crippen molar-refractivity contribution in [3.05, 3.63) is 60.2 Å². The van der Waals surface area contributed by atoms with Crippen molar-refractivity contribution in [1.29, 1.82) is 0 Å². The Balaban J connectivity index is 1.74. The quantitative estimate of drug-likeness (QED) is 0.764. The molecule has 0 aromatic heterocycles. The van der Waals surface area contributed by atoms with Gasteiger partial charge in [0.1, 0.15) is 0 Å². The molecule has 27 heavy (non-hydrogen) atoms. The van der Waals surface area contributed by atoms with Crippen LogP contribution in [0.4, 0.5) is 5.69 Å². The monoisotopic (exact) mass is 388 g/mol. The summed E-state index contributed by atoms with van der Waals surface area (Å²) in [5, 5.41) is 2.76. The SMILES string of the molecule is COCC1CCCC1NS(=O)(=O)c1cccc(C(=O)Nc2ccccc2)c1. The Bertz CT molecular complexity index is 884. The van der Waals surface area contributed by atoms with Crippen molar-refractivity contribution in [2.45, 2.75) is 30.2 Å². The van der Waals surface area contributed by atoms with E-state index in [1.54, 1.807) is 31.4 Å². The minimum Gasteiger partial charge on any atom is -0.384 e. The number of anilines is 1. The van der Waals surface area contributed by atoms with Crippen LogP contribution < -0.4 is 10.0 Å². The van der Waals surface area contributed by atoms with Crippen molar-refractivity contribution in [1.82, 2.24) is 4.72 Å². The summed E-state index contributed by atoms with van der Waals surface area (Å²) in [6, 6.07) is 15.0. The molecule has 2 atom stereocenters. The van der Waals surface area contributed by atoms with E-state index in [-0.39, 0.29) is 22.8 Å². The molecular formula is C20H24N2O4S. The Morgan fingerprint density at radius 1 is 1.11 bits per heavy atom. The molecule has 2 aromatic rings. The van der Waals surface area contributed by atoms with Gasteiger partial charge in [0.2, 0.25) is 10.0 Å². The third-order valence-corrected chi connectivity index (χ3v) is 6.27. The van der Waals surface area contributed by atoms with Crippen molar-refractivity contribution in [2.24, 2.45) is 5.92 Å². The summed E-state index contributed by atoms with van der Waals surface area (Å²) in [6.45, 7) is 0.534. The Labute approximate surface area is 160 Å². The lowest BCUT2D eigenvalue weighted by atomic mass is 10.1. The Hall–Kier alpha value is -2.22. The van der Waals surface area contributed by atoms with Crippen molar-refractivity contribution in [3.63, 3.8) is 0 Å². The fourth-order valence-electron chi connectivity index (χ4n) is 3.40. The highest BCUT2D eigenvalue weighted by Gasteiger charge is 2.31. The molecule has 0 radical (unpaired) electrons. The van der Waals surface area contributed by atoms with E-state index in [2.05, 4.69) is 10.0 Å². The second-order valence-corrected chi connectivity index (χ2v) is 8.44. The largest absolute Gasteiger partial charge is 0.384 e. The van der Waals surface area contributed by atoms with Gasteiger partial charge in [-0.05, 0) is 49.1 Å². The number of ether oxygens (including phenoxy) is 1. The van der Waals surface area contributed by atoms with Crippen LogP contribution in [-0.4, -0.2) is 34.1 Å².